The van der Waals surface area contributed by atoms with Crippen molar-refractivity contribution in [3.8, 4) is 17.2 Å². The lowest BCUT2D eigenvalue weighted by Gasteiger charge is -2.12. The Kier molecular flexibility index (Phi) is 6.07. The van der Waals surface area contributed by atoms with Crippen LogP contribution >= 0.6 is 0 Å². The van der Waals surface area contributed by atoms with E-state index in [1.54, 1.807) is 39.5 Å². The first-order chi connectivity index (χ1) is 11.6. The first-order valence-electron chi connectivity index (χ1n) is 7.72. The first-order valence-corrected chi connectivity index (χ1v) is 7.72. The van der Waals surface area contributed by atoms with Crippen LogP contribution in [0.25, 0.3) is 0 Å². The molecule has 5 nitrogen and oxygen atoms in total. The van der Waals surface area contributed by atoms with Crippen molar-refractivity contribution in [2.24, 2.45) is 0 Å². The quantitative estimate of drug-likeness (QED) is 0.843. The molecule has 1 amide bonds. The Bertz CT molecular complexity index is 713. The summed E-state index contributed by atoms with van der Waals surface area (Å²) in [4.78, 5) is 12.2. The summed E-state index contributed by atoms with van der Waals surface area (Å²) in [5, 5.41) is 2.87. The van der Waals surface area contributed by atoms with E-state index in [1.165, 1.54) is 0 Å². The van der Waals surface area contributed by atoms with Crippen LogP contribution in [-0.4, -0.2) is 27.2 Å². The van der Waals surface area contributed by atoms with E-state index in [4.69, 9.17) is 14.2 Å². The Balaban J connectivity index is 1.99. The largest absolute Gasteiger partial charge is 0.497 e. The van der Waals surface area contributed by atoms with E-state index in [0.717, 1.165) is 16.9 Å². The van der Waals surface area contributed by atoms with Gasteiger partial charge < -0.3 is 19.5 Å². The molecule has 0 aliphatic rings. The van der Waals surface area contributed by atoms with Crippen LogP contribution in [-0.2, 0) is 11.2 Å². The van der Waals surface area contributed by atoms with Crippen molar-refractivity contribution in [3.63, 3.8) is 0 Å². The van der Waals surface area contributed by atoms with Crippen molar-refractivity contribution in [3.05, 3.63) is 47.5 Å². The molecule has 1 N–H and O–H groups in total. The van der Waals surface area contributed by atoms with Crippen LogP contribution in [0, 0.1) is 6.92 Å². The van der Waals surface area contributed by atoms with Crippen molar-refractivity contribution in [2.75, 3.05) is 26.6 Å². The summed E-state index contributed by atoms with van der Waals surface area (Å²) < 4.78 is 15.7. The van der Waals surface area contributed by atoms with Crippen LogP contribution in [0.2, 0.25) is 0 Å². The monoisotopic (exact) mass is 329 g/mol. The number of anilines is 1. The number of aryl methyl sites for hydroxylation is 2. The molecule has 128 valence electrons. The van der Waals surface area contributed by atoms with Gasteiger partial charge in [-0.1, -0.05) is 12.1 Å². The van der Waals surface area contributed by atoms with Crippen LogP contribution in [0.15, 0.2) is 36.4 Å². The van der Waals surface area contributed by atoms with Gasteiger partial charge in [0.1, 0.15) is 17.2 Å². The third-order valence-corrected chi connectivity index (χ3v) is 3.78. The molecule has 24 heavy (non-hydrogen) atoms. The summed E-state index contributed by atoms with van der Waals surface area (Å²) in [7, 11) is 4.80. The lowest BCUT2D eigenvalue weighted by atomic mass is 10.1. The number of carbonyl (C=O) groups is 1. The minimum Gasteiger partial charge on any atom is -0.497 e. The van der Waals surface area contributed by atoms with Gasteiger partial charge in [0.15, 0.2) is 0 Å². The predicted octanol–water partition coefficient (Wildman–Crippen LogP) is 3.59. The molecule has 2 rings (SSSR count). The van der Waals surface area contributed by atoms with Crippen LogP contribution in [0.1, 0.15) is 17.5 Å². The fourth-order valence-electron chi connectivity index (χ4n) is 2.48. The van der Waals surface area contributed by atoms with Gasteiger partial charge in [0, 0.05) is 12.5 Å². The molecule has 2 aromatic carbocycles. The van der Waals surface area contributed by atoms with Crippen molar-refractivity contribution < 1.29 is 19.0 Å². The summed E-state index contributed by atoms with van der Waals surface area (Å²) in [6, 6.07) is 11.2. The molecule has 0 radical (unpaired) electrons. The fraction of sp³-hybridized carbons (Fsp3) is 0.316. The average Bonchev–Trinajstić information content (AvgIpc) is 2.60. The minimum absolute atomic E-state index is 0.0741. The average molecular weight is 329 g/mol. The Morgan fingerprint density at radius 1 is 0.958 bits per heavy atom. The SMILES string of the molecule is COc1ccc(OC)c(NC(=O)CCc2ccc(OC)c(C)c2)c1. The van der Waals surface area contributed by atoms with Crippen molar-refractivity contribution >= 4 is 11.6 Å². The van der Waals surface area contributed by atoms with Crippen molar-refractivity contribution in [2.45, 2.75) is 19.8 Å². The van der Waals surface area contributed by atoms with E-state index in [0.29, 0.717) is 30.0 Å². The lowest BCUT2D eigenvalue weighted by Crippen LogP contribution is -2.13. The molecule has 0 unspecified atom stereocenters. The molecule has 0 bridgehead atoms. The zero-order valence-corrected chi connectivity index (χ0v) is 14.5. The summed E-state index contributed by atoms with van der Waals surface area (Å²) in [5.41, 5.74) is 2.76. The molecule has 0 spiro atoms. The second-order valence-electron chi connectivity index (χ2n) is 5.42. The molecule has 5 heteroatoms. The number of carbonyl (C=O) groups excluding carboxylic acids is 1. The number of hydrogen-bond acceptors (Lipinski definition) is 4. The number of ether oxygens (including phenoxy) is 3. The number of benzene rings is 2. The van der Waals surface area contributed by atoms with Gasteiger partial charge in [-0.05, 0) is 42.7 Å². The Hall–Kier alpha value is -2.69. The molecule has 0 saturated carbocycles. The van der Waals surface area contributed by atoms with Crippen LogP contribution < -0.4 is 19.5 Å². The molecule has 0 aliphatic carbocycles. The molecule has 2 aromatic rings. The Labute approximate surface area is 142 Å². The number of amides is 1. The van der Waals surface area contributed by atoms with Crippen LogP contribution in [0.4, 0.5) is 5.69 Å². The lowest BCUT2D eigenvalue weighted by molar-refractivity contribution is -0.116. The predicted molar refractivity (Wildman–Crippen MR) is 94.2 cm³/mol. The van der Waals surface area contributed by atoms with E-state index < -0.39 is 0 Å². The van der Waals surface area contributed by atoms with E-state index in [2.05, 4.69) is 5.32 Å². The molecule has 0 atom stereocenters. The summed E-state index contributed by atoms with van der Waals surface area (Å²) in [6.45, 7) is 1.99. The maximum absolute atomic E-state index is 12.2. The van der Waals surface area contributed by atoms with E-state index >= 15 is 0 Å². The van der Waals surface area contributed by atoms with Gasteiger partial charge in [0.05, 0.1) is 27.0 Å². The Morgan fingerprint density at radius 3 is 2.29 bits per heavy atom. The van der Waals surface area contributed by atoms with Gasteiger partial charge in [-0.2, -0.15) is 0 Å². The van der Waals surface area contributed by atoms with Gasteiger partial charge in [-0.3, -0.25) is 4.79 Å². The second-order valence-corrected chi connectivity index (χ2v) is 5.42. The Morgan fingerprint density at radius 2 is 1.67 bits per heavy atom. The van der Waals surface area contributed by atoms with Gasteiger partial charge >= 0.3 is 0 Å². The van der Waals surface area contributed by atoms with Crippen LogP contribution in [0.5, 0.6) is 17.2 Å². The maximum Gasteiger partial charge on any atom is 0.224 e. The smallest absolute Gasteiger partial charge is 0.224 e. The number of methoxy groups -OCH3 is 3. The van der Waals surface area contributed by atoms with E-state index in [9.17, 15) is 4.79 Å². The molecular formula is C19H23NO4. The van der Waals surface area contributed by atoms with Gasteiger partial charge in [0.2, 0.25) is 5.91 Å². The standard InChI is InChI=1S/C19H23NO4/c1-13-11-14(5-8-17(13)23-3)6-10-19(21)20-16-12-15(22-2)7-9-18(16)24-4/h5,7-9,11-12H,6,10H2,1-4H3,(H,20,21). The third-order valence-electron chi connectivity index (χ3n) is 3.78. The van der Waals surface area contributed by atoms with Gasteiger partial charge in [-0.25, -0.2) is 0 Å². The maximum atomic E-state index is 12.2. The number of nitrogens with one attached hydrogen (secondary N) is 1. The van der Waals surface area contributed by atoms with Crippen LogP contribution in [0.3, 0.4) is 0 Å². The second kappa shape index (κ2) is 8.24. The van der Waals surface area contributed by atoms with Gasteiger partial charge in [0.25, 0.3) is 0 Å². The zero-order chi connectivity index (χ0) is 17.5. The summed E-state index contributed by atoms with van der Waals surface area (Å²) in [6.07, 6.45) is 1.04. The summed E-state index contributed by atoms with van der Waals surface area (Å²) >= 11 is 0. The minimum atomic E-state index is -0.0741. The first kappa shape index (κ1) is 17.7. The summed E-state index contributed by atoms with van der Waals surface area (Å²) in [5.74, 6) is 2.04. The van der Waals surface area contributed by atoms with E-state index in [-0.39, 0.29) is 5.91 Å². The normalized spacial score (nSPS) is 10.2. The molecule has 0 saturated heterocycles. The van der Waals surface area contributed by atoms with E-state index in [1.807, 2.05) is 25.1 Å². The number of rotatable bonds is 7. The highest BCUT2D eigenvalue weighted by Crippen LogP contribution is 2.29. The highest BCUT2D eigenvalue weighted by Gasteiger charge is 2.10. The van der Waals surface area contributed by atoms with Crippen molar-refractivity contribution in [1.82, 2.24) is 0 Å². The molecule has 0 aromatic heterocycles. The molecular weight excluding hydrogens is 306 g/mol. The van der Waals surface area contributed by atoms with Crippen molar-refractivity contribution in [1.29, 1.82) is 0 Å². The third kappa shape index (κ3) is 4.41. The fourth-order valence-corrected chi connectivity index (χ4v) is 2.48. The highest BCUT2D eigenvalue weighted by molar-refractivity contribution is 5.92. The topological polar surface area (TPSA) is 56.8 Å². The molecule has 0 heterocycles. The van der Waals surface area contributed by atoms with Gasteiger partial charge in [-0.15, -0.1) is 0 Å². The number of hydrogen-bond donors (Lipinski definition) is 1. The molecule has 0 aliphatic heterocycles. The highest BCUT2D eigenvalue weighted by atomic mass is 16.5. The molecule has 0 fully saturated rings. The zero-order valence-electron chi connectivity index (χ0n) is 14.5.